The molecule has 10 heavy (non-hydrogen) atoms. The third-order valence-electron chi connectivity index (χ3n) is 1.78. The molecule has 1 fully saturated rings. The van der Waals surface area contributed by atoms with E-state index >= 15 is 0 Å². The Balaban J connectivity index is 2.42. The van der Waals surface area contributed by atoms with Crippen LogP contribution in [0.25, 0.3) is 0 Å². The van der Waals surface area contributed by atoms with E-state index in [0.717, 1.165) is 0 Å². The summed E-state index contributed by atoms with van der Waals surface area (Å²) in [6, 6.07) is -0.245. The van der Waals surface area contributed by atoms with Gasteiger partial charge in [0.05, 0.1) is 12.7 Å². The van der Waals surface area contributed by atoms with Crippen molar-refractivity contribution in [1.29, 1.82) is 0 Å². The number of hydrogen-bond acceptors (Lipinski definition) is 4. The van der Waals surface area contributed by atoms with Crippen LogP contribution in [0.15, 0.2) is 0 Å². The van der Waals surface area contributed by atoms with Crippen molar-refractivity contribution >= 4 is 0 Å². The predicted octanol–water partition coefficient (Wildman–Crippen LogP) is -1.54. The normalized spacial score (nSPS) is 41.7. The van der Waals surface area contributed by atoms with Crippen LogP contribution in [0, 0.1) is 0 Å². The Hall–Kier alpha value is -0.160. The third kappa shape index (κ3) is 1.46. The molecule has 0 saturated carbocycles. The van der Waals surface area contributed by atoms with Gasteiger partial charge in [-0.1, -0.05) is 0 Å². The van der Waals surface area contributed by atoms with Crippen LogP contribution in [0.5, 0.6) is 0 Å². The first-order valence-corrected chi connectivity index (χ1v) is 3.42. The quantitative estimate of drug-likeness (QED) is 0.420. The number of aliphatic hydroxyl groups excluding tert-OH is 2. The Kier molecular flexibility index (Phi) is 2.62. The molecule has 0 aromatic heterocycles. The molecule has 0 spiro atoms. The van der Waals surface area contributed by atoms with Gasteiger partial charge in [0.25, 0.3) is 0 Å². The average molecular weight is 147 g/mol. The monoisotopic (exact) mass is 147 g/mol. The molecule has 0 amide bonds. The highest BCUT2D eigenvalue weighted by Crippen LogP contribution is 2.11. The zero-order valence-electron chi connectivity index (χ0n) is 5.73. The molecular formula is C6H13NO3. The van der Waals surface area contributed by atoms with Crippen molar-refractivity contribution in [2.75, 3.05) is 13.2 Å². The SMILES string of the molecule is NC1CCOC(CO)C1O. The van der Waals surface area contributed by atoms with Gasteiger partial charge in [0.15, 0.2) is 0 Å². The van der Waals surface area contributed by atoms with Crippen molar-refractivity contribution < 1.29 is 14.9 Å². The van der Waals surface area contributed by atoms with Crippen molar-refractivity contribution in [3.63, 3.8) is 0 Å². The second kappa shape index (κ2) is 3.30. The molecule has 1 aliphatic heterocycles. The highest BCUT2D eigenvalue weighted by atomic mass is 16.5. The van der Waals surface area contributed by atoms with E-state index < -0.39 is 12.2 Å². The Morgan fingerprint density at radius 1 is 1.60 bits per heavy atom. The zero-order chi connectivity index (χ0) is 7.56. The summed E-state index contributed by atoms with van der Waals surface area (Å²) < 4.78 is 5.03. The summed E-state index contributed by atoms with van der Waals surface area (Å²) in [5, 5.41) is 17.9. The molecule has 0 aromatic rings. The van der Waals surface area contributed by atoms with E-state index in [4.69, 9.17) is 15.6 Å². The van der Waals surface area contributed by atoms with Crippen LogP contribution >= 0.6 is 0 Å². The van der Waals surface area contributed by atoms with Crippen molar-refractivity contribution in [3.05, 3.63) is 0 Å². The average Bonchev–Trinajstić information content (AvgIpc) is 1.95. The number of rotatable bonds is 1. The smallest absolute Gasteiger partial charge is 0.108 e. The Labute approximate surface area is 59.6 Å². The molecule has 0 radical (unpaired) electrons. The predicted molar refractivity (Wildman–Crippen MR) is 35.4 cm³/mol. The van der Waals surface area contributed by atoms with Crippen LogP contribution in [-0.2, 0) is 4.74 Å². The molecule has 1 rings (SSSR count). The summed E-state index contributed by atoms with van der Waals surface area (Å²) in [4.78, 5) is 0. The topological polar surface area (TPSA) is 75.7 Å². The zero-order valence-corrected chi connectivity index (χ0v) is 5.73. The molecule has 0 bridgehead atoms. The Morgan fingerprint density at radius 2 is 2.30 bits per heavy atom. The molecule has 60 valence electrons. The molecule has 1 saturated heterocycles. The lowest BCUT2D eigenvalue weighted by Gasteiger charge is -2.31. The Bertz CT molecular complexity index is 109. The summed E-state index contributed by atoms with van der Waals surface area (Å²) in [6.07, 6.45) is -0.528. The van der Waals surface area contributed by atoms with Gasteiger partial charge in [0.2, 0.25) is 0 Å². The van der Waals surface area contributed by atoms with E-state index in [9.17, 15) is 5.11 Å². The van der Waals surface area contributed by atoms with Gasteiger partial charge in [0.1, 0.15) is 6.10 Å². The second-order valence-electron chi connectivity index (χ2n) is 2.53. The van der Waals surface area contributed by atoms with Gasteiger partial charge in [-0.25, -0.2) is 0 Å². The van der Waals surface area contributed by atoms with Crippen molar-refractivity contribution in [3.8, 4) is 0 Å². The van der Waals surface area contributed by atoms with Gasteiger partial charge in [0, 0.05) is 12.6 Å². The minimum atomic E-state index is -0.709. The van der Waals surface area contributed by atoms with Gasteiger partial charge in [-0.3, -0.25) is 0 Å². The largest absolute Gasteiger partial charge is 0.394 e. The Morgan fingerprint density at radius 3 is 2.80 bits per heavy atom. The minimum Gasteiger partial charge on any atom is -0.394 e. The number of nitrogens with two attached hydrogens (primary N) is 1. The first-order valence-electron chi connectivity index (χ1n) is 3.42. The van der Waals surface area contributed by atoms with Crippen molar-refractivity contribution in [1.82, 2.24) is 0 Å². The van der Waals surface area contributed by atoms with Crippen molar-refractivity contribution in [2.24, 2.45) is 5.73 Å². The standard InChI is InChI=1S/C6H13NO3/c7-4-1-2-10-5(3-8)6(4)9/h4-6,8-9H,1-3,7H2. The molecule has 0 aliphatic carbocycles. The van der Waals surface area contributed by atoms with Gasteiger partial charge < -0.3 is 20.7 Å². The summed E-state index contributed by atoms with van der Waals surface area (Å²) in [5.41, 5.74) is 5.50. The van der Waals surface area contributed by atoms with Crippen molar-refractivity contribution in [2.45, 2.75) is 24.7 Å². The summed E-state index contributed by atoms with van der Waals surface area (Å²) in [5.74, 6) is 0. The van der Waals surface area contributed by atoms with E-state index in [2.05, 4.69) is 0 Å². The highest BCUT2D eigenvalue weighted by Gasteiger charge is 2.29. The summed E-state index contributed by atoms with van der Waals surface area (Å²) in [6.45, 7) is 0.373. The molecule has 3 unspecified atom stereocenters. The lowest BCUT2D eigenvalue weighted by atomic mass is 10.0. The van der Waals surface area contributed by atoms with Crippen LogP contribution in [-0.4, -0.2) is 41.7 Å². The van der Waals surface area contributed by atoms with Gasteiger partial charge in [-0.2, -0.15) is 0 Å². The lowest BCUT2D eigenvalue weighted by Crippen LogP contribution is -2.50. The number of aliphatic hydroxyl groups is 2. The van der Waals surface area contributed by atoms with Gasteiger partial charge >= 0.3 is 0 Å². The molecular weight excluding hydrogens is 134 g/mol. The van der Waals surface area contributed by atoms with E-state index in [-0.39, 0.29) is 12.6 Å². The first kappa shape index (κ1) is 7.94. The molecule has 4 heteroatoms. The molecule has 4 nitrogen and oxygen atoms in total. The summed E-state index contributed by atoms with van der Waals surface area (Å²) >= 11 is 0. The van der Waals surface area contributed by atoms with Crippen LogP contribution in [0.4, 0.5) is 0 Å². The molecule has 0 aromatic carbocycles. The van der Waals surface area contributed by atoms with E-state index in [1.807, 2.05) is 0 Å². The third-order valence-corrected chi connectivity index (χ3v) is 1.78. The second-order valence-corrected chi connectivity index (χ2v) is 2.53. The molecule has 1 aliphatic rings. The maximum Gasteiger partial charge on any atom is 0.108 e. The number of ether oxygens (including phenoxy) is 1. The maximum absolute atomic E-state index is 9.23. The van der Waals surface area contributed by atoms with Gasteiger partial charge in [-0.05, 0) is 6.42 Å². The fraction of sp³-hybridized carbons (Fsp3) is 1.00. The van der Waals surface area contributed by atoms with E-state index in [1.165, 1.54) is 0 Å². The summed E-state index contributed by atoms with van der Waals surface area (Å²) in [7, 11) is 0. The van der Waals surface area contributed by atoms with E-state index in [0.29, 0.717) is 13.0 Å². The molecule has 1 heterocycles. The fourth-order valence-corrected chi connectivity index (χ4v) is 1.06. The highest BCUT2D eigenvalue weighted by molar-refractivity contribution is 4.82. The lowest BCUT2D eigenvalue weighted by molar-refractivity contribution is -0.103. The van der Waals surface area contributed by atoms with Gasteiger partial charge in [-0.15, -0.1) is 0 Å². The van der Waals surface area contributed by atoms with Crippen LogP contribution in [0.2, 0.25) is 0 Å². The fourth-order valence-electron chi connectivity index (χ4n) is 1.06. The van der Waals surface area contributed by atoms with Crippen LogP contribution in [0.3, 0.4) is 0 Å². The van der Waals surface area contributed by atoms with E-state index in [1.54, 1.807) is 0 Å². The molecule has 4 N–H and O–H groups in total. The van der Waals surface area contributed by atoms with Crippen LogP contribution in [0.1, 0.15) is 6.42 Å². The van der Waals surface area contributed by atoms with Crippen LogP contribution < -0.4 is 5.73 Å². The molecule has 3 atom stereocenters. The first-order chi connectivity index (χ1) is 4.75. The minimum absolute atomic E-state index is 0.158. The number of hydrogen-bond donors (Lipinski definition) is 3. The maximum atomic E-state index is 9.23.